The Labute approximate surface area is 201 Å². The van der Waals surface area contributed by atoms with Crippen molar-refractivity contribution < 1.29 is 23.8 Å². The fourth-order valence-corrected chi connectivity index (χ4v) is 4.17. The lowest BCUT2D eigenvalue weighted by Gasteiger charge is -2.35. The lowest BCUT2D eigenvalue weighted by atomic mass is 10.0. The standard InChI is InChI=1S/C26H35N3O5/c1-18-5-7-20(8-6-18)22(28-19(2)30)16-26(31)27-17-23(29-11-13-34-14-12-29)21-9-10-24(32-3)25(15-21)33-4/h5-10,15,22-23H,11-14,16-17H2,1-4H3,(H,27,31)(H,28,30). The van der Waals surface area contributed by atoms with Gasteiger partial charge in [-0.25, -0.2) is 0 Å². The van der Waals surface area contributed by atoms with Gasteiger partial charge in [-0.1, -0.05) is 35.9 Å². The van der Waals surface area contributed by atoms with E-state index in [0.29, 0.717) is 31.3 Å². The first kappa shape index (κ1) is 25.5. The van der Waals surface area contributed by atoms with Crippen molar-refractivity contribution in [2.24, 2.45) is 0 Å². The van der Waals surface area contributed by atoms with Gasteiger partial charge in [0.2, 0.25) is 11.8 Å². The zero-order valence-electron chi connectivity index (χ0n) is 20.4. The molecular formula is C26H35N3O5. The van der Waals surface area contributed by atoms with Crippen LogP contribution >= 0.6 is 0 Å². The van der Waals surface area contributed by atoms with Gasteiger partial charge < -0.3 is 24.8 Å². The fourth-order valence-electron chi connectivity index (χ4n) is 4.17. The predicted molar refractivity (Wildman–Crippen MR) is 130 cm³/mol. The number of carbonyl (C=O) groups excluding carboxylic acids is 2. The van der Waals surface area contributed by atoms with Gasteiger partial charge in [-0.05, 0) is 30.2 Å². The molecule has 8 nitrogen and oxygen atoms in total. The average Bonchev–Trinajstić information content (AvgIpc) is 2.84. The van der Waals surface area contributed by atoms with Gasteiger partial charge in [-0.15, -0.1) is 0 Å². The predicted octanol–water partition coefficient (Wildman–Crippen LogP) is 2.77. The number of benzene rings is 2. The number of ether oxygens (including phenoxy) is 3. The maximum absolute atomic E-state index is 13.0. The normalized spacial score (nSPS) is 15.8. The molecule has 3 rings (SSSR count). The van der Waals surface area contributed by atoms with Crippen molar-refractivity contribution in [1.82, 2.24) is 15.5 Å². The molecule has 1 heterocycles. The number of hydrogen-bond acceptors (Lipinski definition) is 6. The number of methoxy groups -OCH3 is 2. The molecule has 1 fully saturated rings. The Morgan fingerprint density at radius 3 is 2.26 bits per heavy atom. The van der Waals surface area contributed by atoms with Crippen LogP contribution in [0.3, 0.4) is 0 Å². The van der Waals surface area contributed by atoms with Crippen LogP contribution in [0.5, 0.6) is 11.5 Å². The van der Waals surface area contributed by atoms with E-state index >= 15 is 0 Å². The topological polar surface area (TPSA) is 89.1 Å². The van der Waals surface area contributed by atoms with Gasteiger partial charge >= 0.3 is 0 Å². The van der Waals surface area contributed by atoms with E-state index in [0.717, 1.165) is 29.8 Å². The maximum Gasteiger partial charge on any atom is 0.222 e. The summed E-state index contributed by atoms with van der Waals surface area (Å²) in [5, 5.41) is 5.98. The molecule has 2 atom stereocenters. The van der Waals surface area contributed by atoms with E-state index in [1.54, 1.807) is 14.2 Å². The minimum atomic E-state index is -0.388. The van der Waals surface area contributed by atoms with E-state index in [-0.39, 0.29) is 30.3 Å². The van der Waals surface area contributed by atoms with Crippen LogP contribution in [0.2, 0.25) is 0 Å². The Kier molecular flexibility index (Phi) is 9.30. The molecule has 184 valence electrons. The summed E-state index contributed by atoms with van der Waals surface area (Å²) < 4.78 is 16.4. The minimum absolute atomic E-state index is 0.0498. The number of aryl methyl sites for hydroxylation is 1. The van der Waals surface area contributed by atoms with Gasteiger partial charge in [0.15, 0.2) is 11.5 Å². The second-order valence-electron chi connectivity index (χ2n) is 8.45. The Balaban J connectivity index is 1.73. The third kappa shape index (κ3) is 6.95. The zero-order chi connectivity index (χ0) is 24.5. The number of hydrogen-bond donors (Lipinski definition) is 2. The molecule has 0 spiro atoms. The quantitative estimate of drug-likeness (QED) is 0.556. The van der Waals surface area contributed by atoms with Crippen molar-refractivity contribution in [1.29, 1.82) is 0 Å². The monoisotopic (exact) mass is 469 g/mol. The summed E-state index contributed by atoms with van der Waals surface area (Å²) in [5.74, 6) is 1.01. The van der Waals surface area contributed by atoms with E-state index in [1.807, 2.05) is 49.4 Å². The fraction of sp³-hybridized carbons (Fsp3) is 0.462. The highest BCUT2D eigenvalue weighted by atomic mass is 16.5. The molecule has 0 radical (unpaired) electrons. The van der Waals surface area contributed by atoms with Crippen LogP contribution in [0.1, 0.15) is 42.1 Å². The van der Waals surface area contributed by atoms with Gasteiger partial charge in [0.1, 0.15) is 0 Å². The zero-order valence-corrected chi connectivity index (χ0v) is 20.4. The Hall–Kier alpha value is -3.10. The highest BCUT2D eigenvalue weighted by Crippen LogP contribution is 2.32. The van der Waals surface area contributed by atoms with Crippen LogP contribution in [0.25, 0.3) is 0 Å². The van der Waals surface area contributed by atoms with E-state index in [9.17, 15) is 9.59 Å². The third-order valence-corrected chi connectivity index (χ3v) is 6.02. The molecule has 2 aromatic rings. The first-order valence-electron chi connectivity index (χ1n) is 11.6. The number of nitrogens with zero attached hydrogens (tertiary/aromatic N) is 1. The van der Waals surface area contributed by atoms with Gasteiger partial charge in [-0.2, -0.15) is 0 Å². The molecule has 0 saturated carbocycles. The van der Waals surface area contributed by atoms with E-state index < -0.39 is 0 Å². The van der Waals surface area contributed by atoms with Gasteiger partial charge in [0.25, 0.3) is 0 Å². The van der Waals surface area contributed by atoms with E-state index in [2.05, 4.69) is 15.5 Å². The van der Waals surface area contributed by atoms with Crippen molar-refractivity contribution in [3.63, 3.8) is 0 Å². The van der Waals surface area contributed by atoms with Crippen molar-refractivity contribution in [3.05, 3.63) is 59.2 Å². The smallest absolute Gasteiger partial charge is 0.222 e. The molecule has 2 N–H and O–H groups in total. The highest BCUT2D eigenvalue weighted by Gasteiger charge is 2.25. The summed E-state index contributed by atoms with van der Waals surface area (Å²) >= 11 is 0. The summed E-state index contributed by atoms with van der Waals surface area (Å²) in [4.78, 5) is 27.0. The Morgan fingerprint density at radius 1 is 1.00 bits per heavy atom. The highest BCUT2D eigenvalue weighted by molar-refractivity contribution is 5.79. The van der Waals surface area contributed by atoms with Crippen LogP contribution in [0, 0.1) is 6.92 Å². The van der Waals surface area contributed by atoms with E-state index in [4.69, 9.17) is 14.2 Å². The maximum atomic E-state index is 13.0. The van der Waals surface area contributed by atoms with Crippen LogP contribution < -0.4 is 20.1 Å². The SMILES string of the molecule is COc1ccc(C(CNC(=O)CC(NC(C)=O)c2ccc(C)cc2)N2CCOCC2)cc1OC. The van der Waals surface area contributed by atoms with E-state index in [1.165, 1.54) is 6.92 Å². The molecular weight excluding hydrogens is 434 g/mol. The number of amides is 2. The number of nitrogens with one attached hydrogen (secondary N) is 2. The summed E-state index contributed by atoms with van der Waals surface area (Å²) in [6, 6.07) is 13.3. The molecule has 1 saturated heterocycles. The average molecular weight is 470 g/mol. The number of rotatable bonds is 10. The van der Waals surface area contributed by atoms with Crippen molar-refractivity contribution in [3.8, 4) is 11.5 Å². The molecule has 0 bridgehead atoms. The molecule has 1 aliphatic heterocycles. The molecule has 0 aliphatic carbocycles. The van der Waals surface area contributed by atoms with Crippen LogP contribution in [-0.4, -0.2) is 63.8 Å². The minimum Gasteiger partial charge on any atom is -0.493 e. The molecule has 2 amide bonds. The Morgan fingerprint density at radius 2 is 1.65 bits per heavy atom. The summed E-state index contributed by atoms with van der Waals surface area (Å²) in [5.41, 5.74) is 3.05. The Bertz CT molecular complexity index is 957. The van der Waals surface area contributed by atoms with Crippen LogP contribution in [0.15, 0.2) is 42.5 Å². The van der Waals surface area contributed by atoms with Crippen molar-refractivity contribution in [2.75, 3.05) is 47.1 Å². The third-order valence-electron chi connectivity index (χ3n) is 6.02. The summed E-state index contributed by atoms with van der Waals surface area (Å²) in [7, 11) is 3.22. The largest absolute Gasteiger partial charge is 0.493 e. The molecule has 2 unspecified atom stereocenters. The van der Waals surface area contributed by atoms with Gasteiger partial charge in [0.05, 0.1) is 45.9 Å². The molecule has 1 aliphatic rings. The molecule has 2 aromatic carbocycles. The van der Waals surface area contributed by atoms with Gasteiger partial charge in [0, 0.05) is 26.6 Å². The second kappa shape index (κ2) is 12.4. The van der Waals surface area contributed by atoms with Crippen LogP contribution in [0.4, 0.5) is 0 Å². The summed E-state index contributed by atoms with van der Waals surface area (Å²) in [6.07, 6.45) is 0.157. The van der Waals surface area contributed by atoms with Gasteiger partial charge in [-0.3, -0.25) is 14.5 Å². The molecule has 34 heavy (non-hydrogen) atoms. The summed E-state index contributed by atoms with van der Waals surface area (Å²) in [6.45, 7) is 6.73. The first-order valence-corrected chi connectivity index (χ1v) is 11.6. The second-order valence-corrected chi connectivity index (χ2v) is 8.45. The lowest BCUT2D eigenvalue weighted by molar-refractivity contribution is -0.123. The number of carbonyl (C=O) groups is 2. The van der Waals surface area contributed by atoms with Crippen LogP contribution in [-0.2, 0) is 14.3 Å². The lowest BCUT2D eigenvalue weighted by Crippen LogP contribution is -2.44. The first-order chi connectivity index (χ1) is 16.4. The number of morpholine rings is 1. The molecule has 0 aromatic heterocycles. The van der Waals surface area contributed by atoms with Crippen molar-refractivity contribution >= 4 is 11.8 Å². The molecule has 8 heteroatoms. The van der Waals surface area contributed by atoms with Crippen molar-refractivity contribution in [2.45, 2.75) is 32.4 Å².